The minimum Gasteiger partial charge on any atom is -0.340 e. The molecular weight excluding hydrogens is 234 g/mol. The Balaban J connectivity index is 2.48. The van der Waals surface area contributed by atoms with Crippen molar-refractivity contribution in [1.29, 1.82) is 0 Å². The molecule has 5 heteroatoms. The summed E-state index contributed by atoms with van der Waals surface area (Å²) in [6, 6.07) is -0.118. The zero-order valence-electron chi connectivity index (χ0n) is 10.9. The number of thiazole rings is 1. The van der Waals surface area contributed by atoms with Crippen LogP contribution in [0.2, 0.25) is 0 Å². The van der Waals surface area contributed by atoms with Crippen molar-refractivity contribution in [2.45, 2.75) is 39.8 Å². The van der Waals surface area contributed by atoms with Crippen LogP contribution in [0.1, 0.15) is 32.9 Å². The second-order valence-corrected chi connectivity index (χ2v) is 6.12. The van der Waals surface area contributed by atoms with Gasteiger partial charge in [0.2, 0.25) is 5.91 Å². The van der Waals surface area contributed by atoms with E-state index in [1.54, 1.807) is 17.5 Å². The fraction of sp³-hybridized carbons (Fsp3) is 0.667. The van der Waals surface area contributed by atoms with Crippen LogP contribution in [-0.4, -0.2) is 28.9 Å². The molecule has 0 aromatic carbocycles. The third-order valence-electron chi connectivity index (χ3n) is 2.82. The van der Waals surface area contributed by atoms with Gasteiger partial charge in [-0.15, -0.1) is 11.3 Å². The minimum atomic E-state index is -0.118. The van der Waals surface area contributed by atoms with Crippen LogP contribution in [0, 0.1) is 5.41 Å². The molecule has 4 nitrogen and oxygen atoms in total. The van der Waals surface area contributed by atoms with Gasteiger partial charge in [0.05, 0.1) is 17.7 Å². The number of nitrogens with zero attached hydrogens (tertiary/aromatic N) is 2. The van der Waals surface area contributed by atoms with Crippen molar-refractivity contribution in [3.63, 3.8) is 0 Å². The summed E-state index contributed by atoms with van der Waals surface area (Å²) < 4.78 is 0. The predicted octanol–water partition coefficient (Wildman–Crippen LogP) is 1.87. The number of rotatable bonds is 4. The van der Waals surface area contributed by atoms with Gasteiger partial charge in [0.15, 0.2) is 0 Å². The molecule has 0 spiro atoms. The minimum absolute atomic E-state index is 0.0445. The summed E-state index contributed by atoms with van der Waals surface area (Å²) >= 11 is 1.54. The van der Waals surface area contributed by atoms with Gasteiger partial charge in [-0.25, -0.2) is 4.98 Å². The fourth-order valence-electron chi connectivity index (χ4n) is 1.30. The first-order chi connectivity index (χ1) is 7.80. The summed E-state index contributed by atoms with van der Waals surface area (Å²) in [6.45, 7) is 6.70. The molecule has 0 bridgehead atoms. The normalized spacial score (nSPS) is 13.5. The first kappa shape index (κ1) is 14.1. The first-order valence-corrected chi connectivity index (χ1v) is 6.61. The highest BCUT2D eigenvalue weighted by Gasteiger charge is 2.24. The van der Waals surface area contributed by atoms with E-state index < -0.39 is 0 Å². The number of amides is 1. The fourth-order valence-corrected chi connectivity index (χ4v) is 1.85. The molecule has 1 amide bonds. The Hall–Kier alpha value is -0.940. The van der Waals surface area contributed by atoms with Crippen LogP contribution in [0.3, 0.4) is 0 Å². The van der Waals surface area contributed by atoms with Crippen LogP contribution in [-0.2, 0) is 11.3 Å². The van der Waals surface area contributed by atoms with Crippen molar-refractivity contribution in [1.82, 2.24) is 9.88 Å². The maximum Gasteiger partial charge on any atom is 0.224 e. The molecular formula is C12H21N3OS. The first-order valence-electron chi connectivity index (χ1n) is 5.67. The highest BCUT2D eigenvalue weighted by molar-refractivity contribution is 7.07. The number of carbonyl (C=O) groups excluding carboxylic acids is 1. The van der Waals surface area contributed by atoms with Crippen molar-refractivity contribution < 1.29 is 4.79 Å². The van der Waals surface area contributed by atoms with Crippen LogP contribution < -0.4 is 5.73 Å². The average Bonchev–Trinajstić information content (AvgIpc) is 2.68. The number of carbonyl (C=O) groups is 1. The van der Waals surface area contributed by atoms with E-state index in [0.29, 0.717) is 13.0 Å². The lowest BCUT2D eigenvalue weighted by Gasteiger charge is -2.28. The van der Waals surface area contributed by atoms with Gasteiger partial charge < -0.3 is 10.6 Å². The molecule has 0 saturated carbocycles. The zero-order valence-corrected chi connectivity index (χ0v) is 11.8. The zero-order chi connectivity index (χ0) is 13.1. The standard InChI is InChI=1S/C12H21N3OS/c1-12(2,3)10(13)5-11(16)15(4)6-9-7-17-8-14-9/h7-8,10H,5-6,13H2,1-4H3. The molecule has 1 rings (SSSR count). The second-order valence-electron chi connectivity index (χ2n) is 5.41. The number of hydrogen-bond acceptors (Lipinski definition) is 4. The Morgan fingerprint density at radius 3 is 2.71 bits per heavy atom. The maximum absolute atomic E-state index is 11.9. The highest BCUT2D eigenvalue weighted by atomic mass is 32.1. The summed E-state index contributed by atoms with van der Waals surface area (Å²) in [5.74, 6) is 0.0698. The molecule has 96 valence electrons. The van der Waals surface area contributed by atoms with Crippen LogP contribution in [0.4, 0.5) is 0 Å². The Morgan fingerprint density at radius 2 is 2.24 bits per heavy atom. The van der Waals surface area contributed by atoms with E-state index in [9.17, 15) is 4.79 Å². The van der Waals surface area contributed by atoms with E-state index in [1.807, 2.05) is 26.2 Å². The van der Waals surface area contributed by atoms with Crippen molar-refractivity contribution in [2.75, 3.05) is 7.05 Å². The maximum atomic E-state index is 11.9. The average molecular weight is 255 g/mol. The van der Waals surface area contributed by atoms with Gasteiger partial charge in [-0.2, -0.15) is 0 Å². The van der Waals surface area contributed by atoms with Crippen LogP contribution in [0.5, 0.6) is 0 Å². The third kappa shape index (κ3) is 4.44. The van der Waals surface area contributed by atoms with E-state index in [0.717, 1.165) is 5.69 Å². The molecule has 17 heavy (non-hydrogen) atoms. The predicted molar refractivity (Wildman–Crippen MR) is 70.6 cm³/mol. The summed E-state index contributed by atoms with van der Waals surface area (Å²) in [7, 11) is 1.79. The van der Waals surface area contributed by atoms with Crippen molar-refractivity contribution in [2.24, 2.45) is 11.1 Å². The Morgan fingerprint density at radius 1 is 1.59 bits per heavy atom. The summed E-state index contributed by atoms with van der Waals surface area (Å²) in [5.41, 5.74) is 8.66. The quantitative estimate of drug-likeness (QED) is 0.893. The largest absolute Gasteiger partial charge is 0.340 e. The van der Waals surface area contributed by atoms with E-state index >= 15 is 0 Å². The molecule has 0 aliphatic rings. The van der Waals surface area contributed by atoms with Crippen LogP contribution in [0.15, 0.2) is 10.9 Å². The summed E-state index contributed by atoms with van der Waals surface area (Å²) in [5, 5.41) is 1.95. The molecule has 2 N–H and O–H groups in total. The molecule has 1 heterocycles. The Kier molecular flexibility index (Phi) is 4.65. The van der Waals surface area contributed by atoms with Gasteiger partial charge in [-0.1, -0.05) is 20.8 Å². The summed E-state index contributed by atoms with van der Waals surface area (Å²) in [4.78, 5) is 17.8. The van der Waals surface area contributed by atoms with E-state index in [1.165, 1.54) is 11.3 Å². The van der Waals surface area contributed by atoms with Gasteiger partial charge in [-0.3, -0.25) is 4.79 Å². The van der Waals surface area contributed by atoms with E-state index in [4.69, 9.17) is 5.73 Å². The topological polar surface area (TPSA) is 59.2 Å². The molecule has 0 radical (unpaired) electrons. The Bertz CT molecular complexity index is 356. The van der Waals surface area contributed by atoms with Gasteiger partial charge in [-0.05, 0) is 5.41 Å². The van der Waals surface area contributed by atoms with Crippen LogP contribution in [0.25, 0.3) is 0 Å². The molecule has 1 atom stereocenters. The monoisotopic (exact) mass is 255 g/mol. The molecule has 0 fully saturated rings. The number of aromatic nitrogens is 1. The van der Waals surface area contributed by atoms with Gasteiger partial charge in [0.25, 0.3) is 0 Å². The van der Waals surface area contributed by atoms with E-state index in [-0.39, 0.29) is 17.4 Å². The molecule has 1 aromatic rings. The van der Waals surface area contributed by atoms with Crippen molar-refractivity contribution in [3.05, 3.63) is 16.6 Å². The number of hydrogen-bond donors (Lipinski definition) is 1. The second kappa shape index (κ2) is 5.60. The van der Waals surface area contributed by atoms with Crippen LogP contribution >= 0.6 is 11.3 Å². The van der Waals surface area contributed by atoms with Gasteiger partial charge in [0, 0.05) is 24.9 Å². The smallest absolute Gasteiger partial charge is 0.224 e. The molecule has 0 aliphatic heterocycles. The van der Waals surface area contributed by atoms with E-state index in [2.05, 4.69) is 4.98 Å². The Labute approximate surface area is 107 Å². The molecule has 0 aliphatic carbocycles. The highest BCUT2D eigenvalue weighted by Crippen LogP contribution is 2.20. The molecule has 1 unspecified atom stereocenters. The summed E-state index contributed by atoms with van der Waals surface area (Å²) in [6.07, 6.45) is 0.379. The molecule has 0 saturated heterocycles. The van der Waals surface area contributed by atoms with Gasteiger partial charge >= 0.3 is 0 Å². The lowest BCUT2D eigenvalue weighted by molar-refractivity contribution is -0.131. The lowest BCUT2D eigenvalue weighted by atomic mass is 9.85. The van der Waals surface area contributed by atoms with Crippen molar-refractivity contribution in [3.8, 4) is 0 Å². The lowest BCUT2D eigenvalue weighted by Crippen LogP contribution is -2.40. The number of nitrogens with two attached hydrogens (primary N) is 1. The third-order valence-corrected chi connectivity index (χ3v) is 3.45. The SMILES string of the molecule is CN(Cc1cscn1)C(=O)CC(N)C(C)(C)C. The van der Waals surface area contributed by atoms with Gasteiger partial charge in [0.1, 0.15) is 0 Å². The van der Waals surface area contributed by atoms with Crippen molar-refractivity contribution >= 4 is 17.2 Å². The molecule has 1 aromatic heterocycles.